The van der Waals surface area contributed by atoms with E-state index in [1.807, 2.05) is 30.3 Å². The summed E-state index contributed by atoms with van der Waals surface area (Å²) in [7, 11) is 1.50. The summed E-state index contributed by atoms with van der Waals surface area (Å²) >= 11 is 0. The molecule has 0 atom stereocenters. The summed E-state index contributed by atoms with van der Waals surface area (Å²) in [6.07, 6.45) is 5.27. The Morgan fingerprint density at radius 3 is 2.88 bits per heavy atom. The molecular formula is C19H15N3O2. The summed E-state index contributed by atoms with van der Waals surface area (Å²) in [4.78, 5) is 7.55. The van der Waals surface area contributed by atoms with Crippen molar-refractivity contribution >= 4 is 22.7 Å². The Morgan fingerprint density at radius 2 is 2.12 bits per heavy atom. The Balaban J connectivity index is 1.87. The van der Waals surface area contributed by atoms with Gasteiger partial charge in [0.15, 0.2) is 11.5 Å². The molecular weight excluding hydrogens is 302 g/mol. The fourth-order valence-electron chi connectivity index (χ4n) is 2.30. The van der Waals surface area contributed by atoms with E-state index in [1.165, 1.54) is 7.11 Å². The number of H-pyrrole nitrogens is 1. The SMILES string of the molecule is COc1cc(/C=C\C=C(\C#N)c2nc3ccccc3[nH]2)ccc1O. The lowest BCUT2D eigenvalue weighted by molar-refractivity contribution is 0.373. The number of fused-ring (bicyclic) bond motifs is 1. The standard InChI is InChI=1S/C19H15N3O2/c1-24-18-11-13(9-10-17(18)23)5-4-6-14(12-20)19-21-15-7-2-3-8-16(15)22-19/h2-11,23H,1H3,(H,21,22)/b5-4-,14-6-. The van der Waals surface area contributed by atoms with Crippen LogP contribution in [0.2, 0.25) is 0 Å². The van der Waals surface area contributed by atoms with Crippen LogP contribution in [0.25, 0.3) is 22.7 Å². The van der Waals surface area contributed by atoms with E-state index < -0.39 is 0 Å². The topological polar surface area (TPSA) is 81.9 Å². The smallest absolute Gasteiger partial charge is 0.161 e. The number of para-hydroxylation sites is 2. The van der Waals surface area contributed by atoms with E-state index >= 15 is 0 Å². The first-order valence-electron chi connectivity index (χ1n) is 7.32. The van der Waals surface area contributed by atoms with Gasteiger partial charge in [0.25, 0.3) is 0 Å². The van der Waals surface area contributed by atoms with E-state index in [-0.39, 0.29) is 5.75 Å². The van der Waals surface area contributed by atoms with Crippen LogP contribution < -0.4 is 4.74 Å². The molecule has 0 unspecified atom stereocenters. The lowest BCUT2D eigenvalue weighted by Crippen LogP contribution is -1.84. The molecule has 0 radical (unpaired) electrons. The van der Waals surface area contributed by atoms with Crippen LogP contribution in [0.5, 0.6) is 11.5 Å². The highest BCUT2D eigenvalue weighted by Crippen LogP contribution is 2.26. The van der Waals surface area contributed by atoms with E-state index in [4.69, 9.17) is 4.74 Å². The number of rotatable bonds is 4. The average molecular weight is 317 g/mol. The Bertz CT molecular complexity index is 945. The van der Waals surface area contributed by atoms with Crippen LogP contribution >= 0.6 is 0 Å². The van der Waals surface area contributed by atoms with Gasteiger partial charge in [0.05, 0.1) is 23.7 Å². The molecule has 0 fully saturated rings. The first-order valence-corrected chi connectivity index (χ1v) is 7.32. The minimum Gasteiger partial charge on any atom is -0.504 e. The van der Waals surface area contributed by atoms with Gasteiger partial charge in [-0.3, -0.25) is 0 Å². The van der Waals surface area contributed by atoms with Gasteiger partial charge in [-0.2, -0.15) is 5.26 Å². The van der Waals surface area contributed by atoms with E-state index in [0.717, 1.165) is 16.6 Å². The highest BCUT2D eigenvalue weighted by Gasteiger charge is 2.06. The second-order valence-electron chi connectivity index (χ2n) is 5.09. The molecule has 5 nitrogen and oxygen atoms in total. The van der Waals surface area contributed by atoms with Gasteiger partial charge in [0.1, 0.15) is 11.9 Å². The summed E-state index contributed by atoms with van der Waals surface area (Å²) in [5.41, 5.74) is 3.00. The van der Waals surface area contributed by atoms with Gasteiger partial charge < -0.3 is 14.8 Å². The van der Waals surface area contributed by atoms with Gasteiger partial charge in [0.2, 0.25) is 0 Å². The number of imidazole rings is 1. The highest BCUT2D eigenvalue weighted by molar-refractivity contribution is 5.82. The number of benzene rings is 2. The molecule has 0 amide bonds. The van der Waals surface area contributed by atoms with Gasteiger partial charge >= 0.3 is 0 Å². The molecule has 0 saturated heterocycles. The molecule has 0 bridgehead atoms. The number of allylic oxidation sites excluding steroid dienone is 3. The Morgan fingerprint density at radius 1 is 1.29 bits per heavy atom. The zero-order valence-corrected chi connectivity index (χ0v) is 13.0. The van der Waals surface area contributed by atoms with E-state index in [0.29, 0.717) is 17.1 Å². The number of hydrogen-bond donors (Lipinski definition) is 2. The van der Waals surface area contributed by atoms with Crippen LogP contribution in [-0.4, -0.2) is 22.2 Å². The summed E-state index contributed by atoms with van der Waals surface area (Å²) < 4.78 is 5.07. The summed E-state index contributed by atoms with van der Waals surface area (Å²) in [6.45, 7) is 0. The zero-order valence-electron chi connectivity index (χ0n) is 13.0. The molecule has 0 spiro atoms. The van der Waals surface area contributed by atoms with E-state index in [1.54, 1.807) is 30.4 Å². The molecule has 0 aliphatic carbocycles. The molecule has 2 aromatic carbocycles. The van der Waals surface area contributed by atoms with Crippen molar-refractivity contribution in [1.82, 2.24) is 9.97 Å². The average Bonchev–Trinajstić information content (AvgIpc) is 3.03. The zero-order chi connectivity index (χ0) is 16.9. The van der Waals surface area contributed by atoms with Crippen molar-refractivity contribution in [3.05, 3.63) is 66.0 Å². The van der Waals surface area contributed by atoms with Crippen molar-refractivity contribution in [1.29, 1.82) is 5.26 Å². The van der Waals surface area contributed by atoms with Crippen LogP contribution in [0.1, 0.15) is 11.4 Å². The monoisotopic (exact) mass is 317 g/mol. The Hall–Kier alpha value is -3.52. The number of aromatic nitrogens is 2. The number of nitriles is 1. The Labute approximate surface area is 139 Å². The van der Waals surface area contributed by atoms with Crippen molar-refractivity contribution in [2.75, 3.05) is 7.11 Å². The normalized spacial score (nSPS) is 11.8. The van der Waals surface area contributed by atoms with Gasteiger partial charge in [-0.15, -0.1) is 0 Å². The predicted molar refractivity (Wildman–Crippen MR) is 93.4 cm³/mol. The number of hydrogen-bond acceptors (Lipinski definition) is 4. The van der Waals surface area contributed by atoms with Gasteiger partial charge in [-0.05, 0) is 35.9 Å². The predicted octanol–water partition coefficient (Wildman–Crippen LogP) is 3.90. The third-order valence-electron chi connectivity index (χ3n) is 3.52. The van der Waals surface area contributed by atoms with E-state index in [2.05, 4.69) is 16.0 Å². The fraction of sp³-hybridized carbons (Fsp3) is 0.0526. The van der Waals surface area contributed by atoms with Crippen LogP contribution in [0.4, 0.5) is 0 Å². The van der Waals surface area contributed by atoms with E-state index in [9.17, 15) is 10.4 Å². The minimum atomic E-state index is 0.0881. The number of phenols is 1. The number of aromatic hydroxyl groups is 1. The maximum Gasteiger partial charge on any atom is 0.161 e. The van der Waals surface area contributed by atoms with Gasteiger partial charge in [-0.1, -0.05) is 30.4 Å². The number of methoxy groups -OCH3 is 1. The lowest BCUT2D eigenvalue weighted by Gasteiger charge is -2.03. The first-order chi connectivity index (χ1) is 11.7. The van der Waals surface area contributed by atoms with Gasteiger partial charge in [0, 0.05) is 0 Å². The summed E-state index contributed by atoms with van der Waals surface area (Å²) in [5, 5.41) is 18.9. The molecule has 0 saturated carbocycles. The van der Waals surface area contributed by atoms with Crippen molar-refractivity contribution in [2.45, 2.75) is 0 Å². The van der Waals surface area contributed by atoms with Gasteiger partial charge in [-0.25, -0.2) is 4.98 Å². The fourth-order valence-corrected chi connectivity index (χ4v) is 2.30. The molecule has 5 heteroatoms. The molecule has 1 aromatic heterocycles. The molecule has 2 N–H and O–H groups in total. The second-order valence-corrected chi connectivity index (χ2v) is 5.09. The molecule has 0 aliphatic heterocycles. The number of nitrogens with one attached hydrogen (secondary N) is 1. The number of ether oxygens (including phenoxy) is 1. The molecule has 3 rings (SSSR count). The quantitative estimate of drug-likeness (QED) is 0.565. The largest absolute Gasteiger partial charge is 0.504 e. The van der Waals surface area contributed by atoms with Crippen LogP contribution in [0.15, 0.2) is 54.6 Å². The van der Waals surface area contributed by atoms with Crippen LogP contribution in [0.3, 0.4) is 0 Å². The highest BCUT2D eigenvalue weighted by atomic mass is 16.5. The van der Waals surface area contributed by atoms with Crippen LogP contribution in [0, 0.1) is 11.3 Å². The third-order valence-corrected chi connectivity index (χ3v) is 3.52. The molecule has 118 valence electrons. The van der Waals surface area contributed by atoms with Crippen molar-refractivity contribution in [3.63, 3.8) is 0 Å². The summed E-state index contributed by atoms with van der Waals surface area (Å²) in [5.74, 6) is 1.02. The lowest BCUT2D eigenvalue weighted by atomic mass is 10.1. The third kappa shape index (κ3) is 3.13. The Kier molecular flexibility index (Phi) is 4.30. The molecule has 3 aromatic rings. The van der Waals surface area contributed by atoms with Crippen molar-refractivity contribution < 1.29 is 9.84 Å². The van der Waals surface area contributed by atoms with Crippen LogP contribution in [-0.2, 0) is 0 Å². The number of nitrogens with zero attached hydrogens (tertiary/aromatic N) is 2. The molecule has 24 heavy (non-hydrogen) atoms. The maximum atomic E-state index is 9.59. The second kappa shape index (κ2) is 6.71. The molecule has 1 heterocycles. The van der Waals surface area contributed by atoms with Crippen molar-refractivity contribution in [3.8, 4) is 17.6 Å². The molecule has 0 aliphatic rings. The number of aromatic amines is 1. The first kappa shape index (κ1) is 15.4. The number of phenolic OH excluding ortho intramolecular Hbond substituents is 1. The van der Waals surface area contributed by atoms with Crippen molar-refractivity contribution in [2.24, 2.45) is 0 Å². The maximum absolute atomic E-state index is 9.59. The minimum absolute atomic E-state index is 0.0881. The summed E-state index contributed by atoms with van der Waals surface area (Å²) in [6, 6.07) is 14.8.